The Morgan fingerprint density at radius 3 is 2.10 bits per heavy atom. The van der Waals surface area contributed by atoms with Crippen molar-refractivity contribution < 1.29 is 4.21 Å². The largest absolute Gasteiger partial charge is 0.305 e. The molecule has 0 saturated carbocycles. The second-order valence-electron chi connectivity index (χ2n) is 4.99. The Morgan fingerprint density at radius 1 is 1.00 bits per heavy atom. The smallest absolute Gasteiger partial charge is 0.0589 e. The first-order valence-electron chi connectivity index (χ1n) is 7.08. The lowest BCUT2D eigenvalue weighted by molar-refractivity contribution is 0.636. The molecule has 0 amide bonds. The average molecular weight is 285 g/mol. The highest BCUT2D eigenvalue weighted by atomic mass is 32.2. The summed E-state index contributed by atoms with van der Waals surface area (Å²) in [6.07, 6.45) is 0. The van der Waals surface area contributed by atoms with Crippen LogP contribution in [0.15, 0.2) is 48.5 Å². The van der Waals surface area contributed by atoms with Gasteiger partial charge in [0.1, 0.15) is 0 Å². The fraction of sp³-hybridized carbons (Fsp3) is 0.294. The molecule has 1 atom stereocenters. The summed E-state index contributed by atoms with van der Waals surface area (Å²) < 4.78 is 11.5. The van der Waals surface area contributed by atoms with Gasteiger partial charge in [0, 0.05) is 28.9 Å². The van der Waals surface area contributed by atoms with E-state index in [0.717, 1.165) is 18.1 Å². The normalized spacial score (nSPS) is 14.8. The molecule has 0 heterocycles. The van der Waals surface area contributed by atoms with Crippen molar-refractivity contribution in [3.63, 3.8) is 0 Å². The van der Waals surface area contributed by atoms with Crippen molar-refractivity contribution in [2.24, 2.45) is 0 Å². The van der Waals surface area contributed by atoms with E-state index in [1.807, 2.05) is 6.92 Å². The molecule has 1 unspecified atom stereocenters. The molecule has 1 N–H and O–H groups in total. The third-order valence-corrected chi connectivity index (χ3v) is 5.14. The topological polar surface area (TPSA) is 29.1 Å². The molecule has 0 aromatic heterocycles. The minimum Gasteiger partial charge on any atom is -0.305 e. The molecule has 3 rings (SSSR count). The van der Waals surface area contributed by atoms with E-state index in [2.05, 4.69) is 53.8 Å². The third-order valence-electron chi connectivity index (χ3n) is 3.83. The van der Waals surface area contributed by atoms with Crippen LogP contribution >= 0.6 is 0 Å². The Kier molecular flexibility index (Phi) is 3.99. The average Bonchev–Trinajstić information content (AvgIpc) is 2.82. The number of fused-ring (bicyclic) bond motifs is 3. The Bertz CT molecular complexity index is 593. The molecule has 104 valence electrons. The van der Waals surface area contributed by atoms with Crippen LogP contribution in [0.5, 0.6) is 0 Å². The Morgan fingerprint density at radius 2 is 1.55 bits per heavy atom. The van der Waals surface area contributed by atoms with Crippen LogP contribution in [-0.2, 0) is 10.8 Å². The lowest BCUT2D eigenvalue weighted by Gasteiger charge is -2.15. The maximum Gasteiger partial charge on any atom is 0.0589 e. The zero-order valence-corrected chi connectivity index (χ0v) is 12.5. The minimum atomic E-state index is -0.705. The molecule has 3 heteroatoms. The van der Waals surface area contributed by atoms with Crippen molar-refractivity contribution in [1.29, 1.82) is 0 Å². The van der Waals surface area contributed by atoms with E-state index in [4.69, 9.17) is 0 Å². The first-order chi connectivity index (χ1) is 9.81. The van der Waals surface area contributed by atoms with Crippen molar-refractivity contribution in [2.45, 2.75) is 13.0 Å². The van der Waals surface area contributed by atoms with Gasteiger partial charge in [-0.3, -0.25) is 4.21 Å². The van der Waals surface area contributed by atoms with E-state index >= 15 is 0 Å². The van der Waals surface area contributed by atoms with Crippen LogP contribution in [-0.4, -0.2) is 22.3 Å². The summed E-state index contributed by atoms with van der Waals surface area (Å²) in [5.41, 5.74) is 5.29. The molecule has 0 fully saturated rings. The van der Waals surface area contributed by atoms with Gasteiger partial charge in [-0.1, -0.05) is 55.5 Å². The van der Waals surface area contributed by atoms with Gasteiger partial charge >= 0.3 is 0 Å². The summed E-state index contributed by atoms with van der Waals surface area (Å²) in [4.78, 5) is 0. The maximum absolute atomic E-state index is 11.5. The van der Waals surface area contributed by atoms with Crippen LogP contribution in [0.1, 0.15) is 24.1 Å². The molecule has 1 aliphatic carbocycles. The van der Waals surface area contributed by atoms with Crippen LogP contribution in [0.3, 0.4) is 0 Å². The number of hydrogen-bond donors (Lipinski definition) is 1. The standard InChI is InChI=1S/C17H19NOS/c1-2-20(19)12-11-18-17-15-9-5-3-7-13(15)14-8-4-6-10-16(14)17/h3-10,17-18H,2,11-12H2,1H3. The second-order valence-corrected chi connectivity index (χ2v) is 6.86. The van der Waals surface area contributed by atoms with Gasteiger partial charge < -0.3 is 5.32 Å². The van der Waals surface area contributed by atoms with Crippen LogP contribution in [0.25, 0.3) is 11.1 Å². The van der Waals surface area contributed by atoms with Gasteiger partial charge in [0.2, 0.25) is 0 Å². The monoisotopic (exact) mass is 285 g/mol. The molecule has 2 aromatic carbocycles. The third kappa shape index (κ3) is 2.43. The lowest BCUT2D eigenvalue weighted by atomic mass is 10.1. The first kappa shape index (κ1) is 13.5. The van der Waals surface area contributed by atoms with Crippen LogP contribution < -0.4 is 5.32 Å². The number of rotatable bonds is 5. The molecule has 0 spiro atoms. The summed E-state index contributed by atoms with van der Waals surface area (Å²) in [6, 6.07) is 17.3. The molecule has 0 bridgehead atoms. The predicted molar refractivity (Wildman–Crippen MR) is 85.3 cm³/mol. The first-order valence-corrected chi connectivity index (χ1v) is 8.56. The maximum atomic E-state index is 11.5. The summed E-state index contributed by atoms with van der Waals surface area (Å²) in [7, 11) is -0.705. The van der Waals surface area contributed by atoms with Crippen molar-refractivity contribution in [3.05, 3.63) is 59.7 Å². The van der Waals surface area contributed by atoms with Crippen molar-refractivity contribution in [1.82, 2.24) is 5.32 Å². The van der Waals surface area contributed by atoms with Gasteiger partial charge in [0.25, 0.3) is 0 Å². The fourth-order valence-electron chi connectivity index (χ4n) is 2.84. The molecule has 2 nitrogen and oxygen atoms in total. The molecule has 2 aromatic rings. The summed E-state index contributed by atoms with van der Waals surface area (Å²) in [5.74, 6) is 1.46. The number of hydrogen-bond acceptors (Lipinski definition) is 2. The zero-order valence-electron chi connectivity index (χ0n) is 11.6. The van der Waals surface area contributed by atoms with Gasteiger partial charge in [-0.05, 0) is 22.3 Å². The fourth-order valence-corrected chi connectivity index (χ4v) is 3.47. The van der Waals surface area contributed by atoms with Gasteiger partial charge in [-0.15, -0.1) is 0 Å². The van der Waals surface area contributed by atoms with E-state index in [0.29, 0.717) is 0 Å². The van der Waals surface area contributed by atoms with Crippen LogP contribution in [0, 0.1) is 0 Å². The van der Waals surface area contributed by atoms with Gasteiger partial charge in [-0.25, -0.2) is 0 Å². The summed E-state index contributed by atoms with van der Waals surface area (Å²) in [5, 5.41) is 3.57. The van der Waals surface area contributed by atoms with E-state index < -0.39 is 10.8 Å². The summed E-state index contributed by atoms with van der Waals surface area (Å²) in [6.45, 7) is 2.75. The minimum absolute atomic E-state index is 0.233. The SMILES string of the molecule is CCS(=O)CCNC1c2ccccc2-c2ccccc21. The van der Waals surface area contributed by atoms with Crippen molar-refractivity contribution in [3.8, 4) is 11.1 Å². The molecular weight excluding hydrogens is 266 g/mol. The lowest BCUT2D eigenvalue weighted by Crippen LogP contribution is -2.25. The van der Waals surface area contributed by atoms with Gasteiger partial charge in [-0.2, -0.15) is 0 Å². The van der Waals surface area contributed by atoms with Crippen LogP contribution in [0.4, 0.5) is 0 Å². The highest BCUT2D eigenvalue weighted by molar-refractivity contribution is 7.84. The molecule has 0 radical (unpaired) electrons. The molecule has 1 aliphatic rings. The highest BCUT2D eigenvalue weighted by Crippen LogP contribution is 2.42. The van der Waals surface area contributed by atoms with Gasteiger partial charge in [0.15, 0.2) is 0 Å². The van der Waals surface area contributed by atoms with Gasteiger partial charge in [0.05, 0.1) is 6.04 Å². The molecule has 20 heavy (non-hydrogen) atoms. The zero-order chi connectivity index (χ0) is 13.9. The quantitative estimate of drug-likeness (QED) is 0.914. The number of benzene rings is 2. The summed E-state index contributed by atoms with van der Waals surface area (Å²) >= 11 is 0. The van der Waals surface area contributed by atoms with Crippen LogP contribution in [0.2, 0.25) is 0 Å². The molecule has 0 saturated heterocycles. The predicted octanol–water partition coefficient (Wildman–Crippen LogP) is 3.11. The van der Waals surface area contributed by atoms with E-state index in [9.17, 15) is 4.21 Å². The van der Waals surface area contributed by atoms with Crippen molar-refractivity contribution in [2.75, 3.05) is 18.1 Å². The molecular formula is C17H19NOS. The Hall–Kier alpha value is -1.45. The Balaban J connectivity index is 1.85. The second kappa shape index (κ2) is 5.90. The van der Waals surface area contributed by atoms with Crippen molar-refractivity contribution >= 4 is 10.8 Å². The Labute approximate surface area is 122 Å². The highest BCUT2D eigenvalue weighted by Gasteiger charge is 2.27. The van der Waals surface area contributed by atoms with E-state index in [1.165, 1.54) is 22.3 Å². The number of nitrogens with one attached hydrogen (secondary N) is 1. The van der Waals surface area contributed by atoms with E-state index in [1.54, 1.807) is 0 Å². The molecule has 0 aliphatic heterocycles. The van der Waals surface area contributed by atoms with E-state index in [-0.39, 0.29) is 6.04 Å².